The molecule has 0 amide bonds. The molecule has 2 aliphatic heterocycles. The molecular weight excluding hydrogens is 913 g/mol. The van der Waals surface area contributed by atoms with Gasteiger partial charge in [-0.3, -0.25) is 0 Å². The van der Waals surface area contributed by atoms with Crippen molar-refractivity contribution < 1.29 is 18.8 Å². The lowest BCUT2D eigenvalue weighted by Crippen LogP contribution is -2.44. The SMILES string of the molecule is C#Cc1cc(Nc2nc[n+](COc3cc(Nc4ncnc5cnc(N6CCNCC6)nc45)ccc3Oc3ccc4c(c3)ncn4C)c3cnc(N4CCNCC4)nc23)ccc1Oc1ccc2c(c1)ncn2C. The zero-order valence-electron chi connectivity index (χ0n) is 39.3. The van der Waals surface area contributed by atoms with Crippen LogP contribution in [-0.2, 0) is 20.8 Å². The van der Waals surface area contributed by atoms with Crippen molar-refractivity contribution in [3.8, 4) is 41.1 Å². The summed E-state index contributed by atoms with van der Waals surface area (Å²) in [5.74, 6) is 7.66. The zero-order valence-corrected chi connectivity index (χ0v) is 39.3. The van der Waals surface area contributed by atoms with E-state index in [1.165, 1.54) is 6.33 Å². The molecule has 6 aromatic heterocycles. The Kier molecular flexibility index (Phi) is 11.6. The number of nitrogens with one attached hydrogen (secondary N) is 4. The molecular formula is C51H47N18O3+. The summed E-state index contributed by atoms with van der Waals surface area (Å²) in [6, 6.07) is 22.7. The number of imidazole rings is 2. The molecule has 0 radical (unpaired) electrons. The van der Waals surface area contributed by atoms with Gasteiger partial charge in [-0.05, 0) is 59.6 Å². The van der Waals surface area contributed by atoms with Crippen LogP contribution in [-0.4, -0.2) is 106 Å². The molecule has 4 aromatic carbocycles. The van der Waals surface area contributed by atoms with Crippen LogP contribution in [0.1, 0.15) is 5.56 Å². The van der Waals surface area contributed by atoms with Gasteiger partial charge in [0.05, 0.1) is 52.7 Å². The number of hydrogen-bond acceptors (Lipinski definition) is 18. The number of aryl methyl sites for hydroxylation is 2. The lowest BCUT2D eigenvalue weighted by molar-refractivity contribution is -0.703. The van der Waals surface area contributed by atoms with E-state index in [1.807, 2.05) is 101 Å². The summed E-state index contributed by atoms with van der Waals surface area (Å²) in [6.45, 7) is 6.46. The van der Waals surface area contributed by atoms with E-state index in [4.69, 9.17) is 40.6 Å². The number of piperazine rings is 2. The van der Waals surface area contributed by atoms with Gasteiger partial charge >= 0.3 is 0 Å². The smallest absolute Gasteiger partial charge is 0.292 e. The number of benzene rings is 4. The highest BCUT2D eigenvalue weighted by molar-refractivity contribution is 5.88. The maximum atomic E-state index is 6.71. The van der Waals surface area contributed by atoms with Crippen LogP contribution in [0.25, 0.3) is 44.1 Å². The summed E-state index contributed by atoms with van der Waals surface area (Å²) in [5, 5.41) is 13.7. The highest BCUT2D eigenvalue weighted by Crippen LogP contribution is 2.37. The van der Waals surface area contributed by atoms with Crippen LogP contribution in [0.5, 0.6) is 28.7 Å². The fraction of sp³-hybridized carbons (Fsp3) is 0.216. The van der Waals surface area contributed by atoms with Crippen LogP contribution >= 0.6 is 0 Å². The van der Waals surface area contributed by atoms with Crippen LogP contribution in [0.4, 0.5) is 34.9 Å². The zero-order chi connectivity index (χ0) is 48.5. The molecule has 4 N–H and O–H groups in total. The first-order chi connectivity index (χ1) is 35.4. The maximum absolute atomic E-state index is 6.71. The highest BCUT2D eigenvalue weighted by Gasteiger charge is 2.23. The molecule has 72 heavy (non-hydrogen) atoms. The quantitative estimate of drug-likeness (QED) is 0.0803. The van der Waals surface area contributed by atoms with Gasteiger partial charge in [0.1, 0.15) is 34.6 Å². The molecule has 0 aliphatic carbocycles. The third-order valence-corrected chi connectivity index (χ3v) is 12.6. The van der Waals surface area contributed by atoms with E-state index < -0.39 is 0 Å². The first-order valence-electron chi connectivity index (χ1n) is 23.4. The van der Waals surface area contributed by atoms with Gasteiger partial charge in [-0.25, -0.2) is 39.9 Å². The summed E-state index contributed by atoms with van der Waals surface area (Å²) >= 11 is 0. The van der Waals surface area contributed by atoms with Crippen LogP contribution in [0, 0.1) is 12.3 Å². The lowest BCUT2D eigenvalue weighted by Gasteiger charge is -2.27. The Bertz CT molecular complexity index is 3710. The first kappa shape index (κ1) is 44.0. The third kappa shape index (κ3) is 8.82. The van der Waals surface area contributed by atoms with Crippen molar-refractivity contribution in [3.05, 3.63) is 116 Å². The lowest BCUT2D eigenvalue weighted by atomic mass is 10.2. The van der Waals surface area contributed by atoms with Crippen molar-refractivity contribution in [1.82, 2.24) is 64.6 Å². The molecule has 358 valence electrons. The van der Waals surface area contributed by atoms with Crippen LogP contribution in [0.3, 0.4) is 0 Å². The van der Waals surface area contributed by atoms with Crippen molar-refractivity contribution in [2.75, 3.05) is 72.8 Å². The normalized spacial score (nSPS) is 14.0. The average Bonchev–Trinajstić information content (AvgIpc) is 3.99. The minimum Gasteiger partial charge on any atom is -0.456 e. The van der Waals surface area contributed by atoms with Gasteiger partial charge in [-0.1, -0.05) is 5.92 Å². The monoisotopic (exact) mass is 959 g/mol. The number of anilines is 6. The van der Waals surface area contributed by atoms with E-state index >= 15 is 0 Å². The Morgan fingerprint density at radius 2 is 1.21 bits per heavy atom. The van der Waals surface area contributed by atoms with Crippen molar-refractivity contribution in [3.63, 3.8) is 0 Å². The van der Waals surface area contributed by atoms with Crippen LogP contribution in [0.15, 0.2) is 110 Å². The fourth-order valence-electron chi connectivity index (χ4n) is 8.78. The summed E-state index contributed by atoms with van der Waals surface area (Å²) in [6.07, 6.45) is 16.3. The standard InChI is InChI=1S/C51H46N18O3/c1-4-32-21-33(5-11-43(32)71-35-7-9-40-37(23-35)58-28-65(40)2)61-49-47-42(26-55-51(64-47)68-19-15-53-16-20-68)69(30-60-49)31-70-45-22-34(6-12-44(45)72-36-8-10-41-38(24-36)59-29-66(41)3)62-48-46-39(56-27-57-48)25-54-50(63-46)67-17-13-52-14-18-67/h1,5-12,21-30,52-53H,13-20,31H2,2-3H3,(H,56,57,62)/p+1. The van der Waals surface area contributed by atoms with E-state index in [0.717, 1.165) is 74.4 Å². The number of hydrogen-bond donors (Lipinski definition) is 4. The summed E-state index contributed by atoms with van der Waals surface area (Å²) in [5.41, 5.74) is 7.96. The molecule has 2 aliphatic rings. The Morgan fingerprint density at radius 3 is 1.88 bits per heavy atom. The number of fused-ring (bicyclic) bond motifs is 4. The largest absolute Gasteiger partial charge is 0.456 e. The number of aromatic nitrogens is 12. The number of nitrogens with zero attached hydrogens (tertiary/aromatic N) is 14. The molecule has 0 spiro atoms. The van der Waals surface area contributed by atoms with Gasteiger partial charge in [0.15, 0.2) is 28.4 Å². The van der Waals surface area contributed by atoms with E-state index in [2.05, 4.69) is 61.9 Å². The highest BCUT2D eigenvalue weighted by atomic mass is 16.5. The summed E-state index contributed by atoms with van der Waals surface area (Å²) in [7, 11) is 3.91. The summed E-state index contributed by atoms with van der Waals surface area (Å²) in [4.78, 5) is 46.8. The number of ether oxygens (including phenoxy) is 3. The molecule has 8 heterocycles. The molecule has 21 nitrogen and oxygen atoms in total. The van der Waals surface area contributed by atoms with Crippen LogP contribution < -0.4 is 49.8 Å². The predicted octanol–water partition coefficient (Wildman–Crippen LogP) is 5.73. The maximum Gasteiger partial charge on any atom is 0.292 e. The average molecular weight is 960 g/mol. The second-order valence-corrected chi connectivity index (χ2v) is 17.3. The minimum absolute atomic E-state index is 0.00843. The summed E-state index contributed by atoms with van der Waals surface area (Å²) < 4.78 is 25.3. The molecule has 0 bridgehead atoms. The van der Waals surface area contributed by atoms with E-state index in [-0.39, 0.29) is 6.73 Å². The van der Waals surface area contributed by atoms with Gasteiger partial charge in [-0.15, -0.1) is 6.42 Å². The van der Waals surface area contributed by atoms with E-state index in [9.17, 15) is 0 Å². The second kappa shape index (κ2) is 18.9. The van der Waals surface area contributed by atoms with Crippen molar-refractivity contribution >= 4 is 79.0 Å². The molecule has 10 aromatic rings. The van der Waals surface area contributed by atoms with Gasteiger partial charge in [0, 0.05) is 96.0 Å². The van der Waals surface area contributed by atoms with Crippen molar-refractivity contribution in [2.24, 2.45) is 14.1 Å². The van der Waals surface area contributed by atoms with Gasteiger partial charge < -0.3 is 54.4 Å². The Morgan fingerprint density at radius 1 is 0.611 bits per heavy atom. The Labute approximate surface area is 411 Å². The predicted molar refractivity (Wildman–Crippen MR) is 272 cm³/mol. The first-order valence-corrected chi connectivity index (χ1v) is 23.4. The molecule has 2 saturated heterocycles. The molecule has 2 fully saturated rings. The van der Waals surface area contributed by atoms with Crippen molar-refractivity contribution in [2.45, 2.75) is 6.73 Å². The number of rotatable bonds is 13. The second-order valence-electron chi connectivity index (χ2n) is 17.3. The van der Waals surface area contributed by atoms with Crippen LogP contribution in [0.2, 0.25) is 0 Å². The minimum atomic E-state index is 0.00843. The number of terminal acetylenes is 1. The Balaban J connectivity index is 0.865. The third-order valence-electron chi connectivity index (χ3n) is 12.6. The molecule has 0 unspecified atom stereocenters. The van der Waals surface area contributed by atoms with Gasteiger partial charge in [0.2, 0.25) is 18.6 Å². The Hall–Kier alpha value is -9.26. The van der Waals surface area contributed by atoms with E-state index in [0.29, 0.717) is 91.3 Å². The molecule has 0 atom stereocenters. The van der Waals surface area contributed by atoms with Gasteiger partial charge in [0.25, 0.3) is 12.1 Å². The molecule has 0 saturated carbocycles. The van der Waals surface area contributed by atoms with Crippen molar-refractivity contribution in [1.29, 1.82) is 0 Å². The van der Waals surface area contributed by atoms with E-state index in [1.54, 1.807) is 31.4 Å². The fourth-order valence-corrected chi connectivity index (χ4v) is 8.78. The topological polar surface area (TPSA) is 212 Å². The molecule has 12 rings (SSSR count). The molecule has 21 heteroatoms. The van der Waals surface area contributed by atoms with Gasteiger partial charge in [-0.2, -0.15) is 4.57 Å².